The third kappa shape index (κ3) is 6.63. The molecule has 0 saturated heterocycles. The van der Waals surface area contributed by atoms with Gasteiger partial charge < -0.3 is 19.4 Å². The van der Waals surface area contributed by atoms with Gasteiger partial charge >= 0.3 is 7.32 Å². The van der Waals surface area contributed by atoms with Crippen LogP contribution >= 0.6 is 0 Å². The van der Waals surface area contributed by atoms with Gasteiger partial charge in [-0.25, -0.2) is 0 Å². The molecule has 1 unspecified atom stereocenters. The molecule has 0 aliphatic carbocycles. The standard InChI is InChI=1S/C8H17BO4/c1-5-12-9(11)13-8(3,4)6-7(2)10/h5,7,10-11H,1,6H2,2-4H3. The molecule has 0 fully saturated rings. The van der Waals surface area contributed by atoms with Gasteiger partial charge in [-0.15, -0.1) is 0 Å². The van der Waals surface area contributed by atoms with Gasteiger partial charge in [0.1, 0.15) is 0 Å². The molecule has 0 bridgehead atoms. The Balaban J connectivity index is 3.92. The van der Waals surface area contributed by atoms with Crippen molar-refractivity contribution in [3.8, 4) is 0 Å². The molecule has 0 aliphatic rings. The van der Waals surface area contributed by atoms with Gasteiger partial charge in [-0.05, 0) is 20.8 Å². The average molecular weight is 188 g/mol. The lowest BCUT2D eigenvalue weighted by Gasteiger charge is -2.27. The zero-order valence-electron chi connectivity index (χ0n) is 8.36. The van der Waals surface area contributed by atoms with Crippen LogP contribution in [0.25, 0.3) is 0 Å². The maximum atomic E-state index is 9.11. The Morgan fingerprint density at radius 2 is 2.15 bits per heavy atom. The first kappa shape index (κ1) is 12.5. The molecule has 0 aliphatic heterocycles. The fourth-order valence-electron chi connectivity index (χ4n) is 1.14. The van der Waals surface area contributed by atoms with Crippen molar-refractivity contribution in [2.24, 2.45) is 0 Å². The molecule has 1 atom stereocenters. The van der Waals surface area contributed by atoms with Crippen molar-refractivity contribution in [3.63, 3.8) is 0 Å². The second-order valence-corrected chi connectivity index (χ2v) is 3.54. The van der Waals surface area contributed by atoms with Crippen molar-refractivity contribution in [1.29, 1.82) is 0 Å². The first-order valence-electron chi connectivity index (χ1n) is 4.18. The average Bonchev–Trinajstić information content (AvgIpc) is 1.81. The lowest BCUT2D eigenvalue weighted by atomic mass is 9.99. The Bertz CT molecular complexity index is 158. The van der Waals surface area contributed by atoms with Crippen molar-refractivity contribution in [2.75, 3.05) is 0 Å². The molecule has 13 heavy (non-hydrogen) atoms. The quantitative estimate of drug-likeness (QED) is 0.475. The van der Waals surface area contributed by atoms with Crippen molar-refractivity contribution in [1.82, 2.24) is 0 Å². The van der Waals surface area contributed by atoms with E-state index in [4.69, 9.17) is 14.8 Å². The summed E-state index contributed by atoms with van der Waals surface area (Å²) in [6, 6.07) is 0. The zero-order chi connectivity index (χ0) is 10.5. The Labute approximate surface area is 79.3 Å². The maximum Gasteiger partial charge on any atom is 0.710 e. The van der Waals surface area contributed by atoms with Gasteiger partial charge in [-0.2, -0.15) is 0 Å². The number of hydrogen-bond acceptors (Lipinski definition) is 4. The molecule has 0 spiro atoms. The van der Waals surface area contributed by atoms with Crippen LogP contribution in [0.5, 0.6) is 0 Å². The van der Waals surface area contributed by atoms with Crippen molar-refractivity contribution < 1.29 is 19.4 Å². The van der Waals surface area contributed by atoms with Gasteiger partial charge in [-0.1, -0.05) is 6.58 Å². The summed E-state index contributed by atoms with van der Waals surface area (Å²) in [4.78, 5) is 0. The van der Waals surface area contributed by atoms with E-state index in [2.05, 4.69) is 11.2 Å². The highest BCUT2D eigenvalue weighted by molar-refractivity contribution is 6.34. The molecule has 5 heteroatoms. The smallest absolute Gasteiger partial charge is 0.519 e. The molecular formula is C8H17BO4. The summed E-state index contributed by atoms with van der Waals surface area (Å²) in [7, 11) is -1.33. The Hall–Kier alpha value is -0.515. The van der Waals surface area contributed by atoms with E-state index < -0.39 is 19.0 Å². The molecule has 0 aromatic carbocycles. The summed E-state index contributed by atoms with van der Waals surface area (Å²) < 4.78 is 9.67. The third-order valence-electron chi connectivity index (χ3n) is 1.42. The van der Waals surface area contributed by atoms with Gasteiger partial charge in [0, 0.05) is 6.42 Å². The van der Waals surface area contributed by atoms with Crippen LogP contribution in [0, 0.1) is 0 Å². The second kappa shape index (κ2) is 5.27. The van der Waals surface area contributed by atoms with Crippen LogP contribution in [0.4, 0.5) is 0 Å². The molecule has 0 heterocycles. The predicted molar refractivity (Wildman–Crippen MR) is 50.7 cm³/mol. The van der Waals surface area contributed by atoms with Crippen LogP contribution in [-0.4, -0.2) is 29.2 Å². The fraction of sp³-hybridized carbons (Fsp3) is 0.750. The minimum absolute atomic E-state index is 0.421. The zero-order valence-corrected chi connectivity index (χ0v) is 8.36. The number of rotatable bonds is 6. The van der Waals surface area contributed by atoms with E-state index in [1.54, 1.807) is 20.8 Å². The summed E-state index contributed by atoms with van der Waals surface area (Å²) >= 11 is 0. The van der Waals surface area contributed by atoms with Crippen LogP contribution in [0.2, 0.25) is 0 Å². The lowest BCUT2D eigenvalue weighted by Crippen LogP contribution is -2.37. The van der Waals surface area contributed by atoms with E-state index in [-0.39, 0.29) is 0 Å². The summed E-state index contributed by atoms with van der Waals surface area (Å²) in [6.07, 6.45) is 1.04. The molecule has 4 nitrogen and oxygen atoms in total. The third-order valence-corrected chi connectivity index (χ3v) is 1.42. The summed E-state index contributed by atoms with van der Waals surface area (Å²) in [5.41, 5.74) is -0.628. The van der Waals surface area contributed by atoms with Gasteiger partial charge in [-0.3, -0.25) is 0 Å². The summed E-state index contributed by atoms with van der Waals surface area (Å²) in [6.45, 7) is 8.46. The van der Waals surface area contributed by atoms with E-state index in [9.17, 15) is 0 Å². The topological polar surface area (TPSA) is 58.9 Å². The van der Waals surface area contributed by atoms with Crippen LogP contribution in [0.1, 0.15) is 27.2 Å². The first-order chi connectivity index (χ1) is 5.87. The SMILES string of the molecule is C=COB(O)OC(C)(C)CC(C)O. The maximum absolute atomic E-state index is 9.11. The molecule has 2 N–H and O–H groups in total. The van der Waals surface area contributed by atoms with Gasteiger partial charge in [0.25, 0.3) is 0 Å². The van der Waals surface area contributed by atoms with Crippen LogP contribution in [0.15, 0.2) is 12.8 Å². The van der Waals surface area contributed by atoms with E-state index >= 15 is 0 Å². The van der Waals surface area contributed by atoms with E-state index in [0.29, 0.717) is 6.42 Å². The van der Waals surface area contributed by atoms with Crippen molar-refractivity contribution in [3.05, 3.63) is 12.8 Å². The molecule has 0 saturated carbocycles. The lowest BCUT2D eigenvalue weighted by molar-refractivity contribution is 0.00773. The largest absolute Gasteiger partial charge is 0.710 e. The molecule has 0 amide bonds. The van der Waals surface area contributed by atoms with Gasteiger partial charge in [0.2, 0.25) is 0 Å². The van der Waals surface area contributed by atoms with Crippen LogP contribution in [0.3, 0.4) is 0 Å². The summed E-state index contributed by atoms with van der Waals surface area (Å²) in [5, 5.41) is 18.2. The normalized spacial score (nSPS) is 13.6. The van der Waals surface area contributed by atoms with Crippen molar-refractivity contribution in [2.45, 2.75) is 38.9 Å². The van der Waals surface area contributed by atoms with E-state index in [1.807, 2.05) is 0 Å². The minimum Gasteiger partial charge on any atom is -0.519 e. The highest BCUT2D eigenvalue weighted by Crippen LogP contribution is 2.17. The predicted octanol–water partition coefficient (Wildman–Crippen LogP) is 0.690. The van der Waals surface area contributed by atoms with Crippen LogP contribution in [-0.2, 0) is 9.31 Å². The molecule has 0 aromatic heterocycles. The second-order valence-electron chi connectivity index (χ2n) is 3.54. The molecule has 76 valence electrons. The van der Waals surface area contributed by atoms with Gasteiger partial charge in [0.05, 0.1) is 18.0 Å². The molecule has 0 radical (unpaired) electrons. The summed E-state index contributed by atoms with van der Waals surface area (Å²) in [5.74, 6) is 0. The van der Waals surface area contributed by atoms with Crippen LogP contribution < -0.4 is 0 Å². The van der Waals surface area contributed by atoms with E-state index in [0.717, 1.165) is 6.26 Å². The number of hydrogen-bond donors (Lipinski definition) is 2. The molecular weight excluding hydrogens is 171 g/mol. The number of aliphatic hydroxyl groups excluding tert-OH is 1. The van der Waals surface area contributed by atoms with Gasteiger partial charge in [0.15, 0.2) is 0 Å². The Morgan fingerprint density at radius 3 is 2.54 bits per heavy atom. The van der Waals surface area contributed by atoms with Crippen molar-refractivity contribution >= 4 is 7.32 Å². The van der Waals surface area contributed by atoms with E-state index in [1.165, 1.54) is 0 Å². The monoisotopic (exact) mass is 188 g/mol. The molecule has 0 rings (SSSR count). The number of aliphatic hydroxyl groups is 1. The minimum atomic E-state index is -1.33. The Morgan fingerprint density at radius 1 is 1.62 bits per heavy atom. The Kier molecular flexibility index (Phi) is 5.06. The fourth-order valence-corrected chi connectivity index (χ4v) is 1.14. The highest BCUT2D eigenvalue weighted by atomic mass is 16.7. The highest BCUT2D eigenvalue weighted by Gasteiger charge is 2.29. The first-order valence-corrected chi connectivity index (χ1v) is 4.18. The molecule has 0 aromatic rings.